The zero-order chi connectivity index (χ0) is 21.3. The maximum atomic E-state index is 12.7. The number of methoxy groups -OCH3 is 1. The van der Waals surface area contributed by atoms with E-state index in [9.17, 15) is 23.2 Å². The van der Waals surface area contributed by atoms with Gasteiger partial charge in [-0.05, 0) is 35.9 Å². The molecule has 7 nitrogen and oxygen atoms in total. The summed E-state index contributed by atoms with van der Waals surface area (Å²) in [5.41, 5.74) is 1.33. The molecule has 0 spiro atoms. The Kier molecular flexibility index (Phi) is 5.49. The van der Waals surface area contributed by atoms with Crippen molar-refractivity contribution in [1.82, 2.24) is 9.80 Å². The molecule has 0 radical (unpaired) electrons. The van der Waals surface area contributed by atoms with Crippen molar-refractivity contribution in [2.24, 2.45) is 0 Å². The van der Waals surface area contributed by atoms with Crippen LogP contribution in [0, 0.1) is 0 Å². The van der Waals surface area contributed by atoms with Gasteiger partial charge in [0, 0.05) is 26.2 Å². The summed E-state index contributed by atoms with van der Waals surface area (Å²) in [4.78, 5) is 39.2. The molecule has 3 rings (SSSR count). The van der Waals surface area contributed by atoms with Gasteiger partial charge in [-0.1, -0.05) is 6.07 Å². The van der Waals surface area contributed by atoms with E-state index in [0.717, 1.165) is 4.90 Å². The van der Waals surface area contributed by atoms with E-state index in [1.54, 1.807) is 13.1 Å². The number of nitrogens with zero attached hydrogens (tertiary/aromatic N) is 2. The molecular weight excluding hydrogens is 386 g/mol. The Hall–Kier alpha value is -3.49. The van der Waals surface area contributed by atoms with Gasteiger partial charge in [0.15, 0.2) is 11.5 Å². The fourth-order valence-corrected chi connectivity index (χ4v) is 3.06. The molecule has 152 valence electrons. The number of hydrogen-bond donors (Lipinski definition) is 0. The normalized spacial score (nSPS) is 13.0. The maximum absolute atomic E-state index is 12.7. The van der Waals surface area contributed by atoms with Crippen molar-refractivity contribution in [2.45, 2.75) is 13.2 Å². The second-order valence-corrected chi connectivity index (χ2v) is 6.45. The number of ether oxygens (including phenoxy) is 2. The summed E-state index contributed by atoms with van der Waals surface area (Å²) >= 11 is 0. The van der Waals surface area contributed by atoms with Crippen LogP contribution in [0.2, 0.25) is 0 Å². The molecular formula is C20H18F2N2O5. The predicted molar refractivity (Wildman–Crippen MR) is 98.3 cm³/mol. The van der Waals surface area contributed by atoms with Crippen LogP contribution in [0.5, 0.6) is 11.5 Å². The van der Waals surface area contributed by atoms with Gasteiger partial charge < -0.3 is 14.4 Å². The quantitative estimate of drug-likeness (QED) is 0.692. The summed E-state index contributed by atoms with van der Waals surface area (Å²) in [7, 11) is 4.27. The first-order chi connectivity index (χ1) is 13.7. The third-order valence-electron chi connectivity index (χ3n) is 4.55. The Morgan fingerprint density at radius 3 is 2.41 bits per heavy atom. The Balaban J connectivity index is 1.78. The first-order valence-corrected chi connectivity index (χ1v) is 8.56. The van der Waals surface area contributed by atoms with Gasteiger partial charge in [-0.2, -0.15) is 8.78 Å². The number of amides is 3. The average molecular weight is 404 g/mol. The van der Waals surface area contributed by atoms with Crippen molar-refractivity contribution in [1.29, 1.82) is 0 Å². The summed E-state index contributed by atoms with van der Waals surface area (Å²) < 4.78 is 34.3. The standard InChI is InChI=1S/C20H18F2N2O5/c1-23(10-11-4-7-15(29-20(21)22)16(8-11)28-3)17(25)12-5-6-13-14(9-12)19(27)24(2)18(13)26/h4-9,20H,10H2,1-3H3. The summed E-state index contributed by atoms with van der Waals surface area (Å²) in [5, 5.41) is 0. The lowest BCUT2D eigenvalue weighted by atomic mass is 10.0. The van der Waals surface area contributed by atoms with Gasteiger partial charge in [0.25, 0.3) is 17.7 Å². The number of fused-ring (bicyclic) bond motifs is 1. The third-order valence-corrected chi connectivity index (χ3v) is 4.55. The fraction of sp³-hybridized carbons (Fsp3) is 0.250. The molecule has 1 heterocycles. The topological polar surface area (TPSA) is 76.2 Å². The van der Waals surface area contributed by atoms with Crippen molar-refractivity contribution in [3.63, 3.8) is 0 Å². The molecule has 1 aliphatic rings. The summed E-state index contributed by atoms with van der Waals surface area (Å²) in [6, 6.07) is 8.74. The van der Waals surface area contributed by atoms with E-state index < -0.39 is 18.4 Å². The Morgan fingerprint density at radius 2 is 1.76 bits per heavy atom. The molecule has 0 saturated carbocycles. The predicted octanol–water partition coefficient (Wildman–Crippen LogP) is 2.79. The van der Waals surface area contributed by atoms with Gasteiger partial charge in [-0.3, -0.25) is 19.3 Å². The van der Waals surface area contributed by atoms with Crippen molar-refractivity contribution < 1.29 is 32.6 Å². The number of rotatable bonds is 6. The van der Waals surface area contributed by atoms with E-state index in [1.807, 2.05) is 0 Å². The van der Waals surface area contributed by atoms with Crippen LogP contribution in [-0.4, -0.2) is 55.3 Å². The Bertz CT molecular complexity index is 993. The lowest BCUT2D eigenvalue weighted by Crippen LogP contribution is -2.26. The lowest BCUT2D eigenvalue weighted by molar-refractivity contribution is -0.0512. The largest absolute Gasteiger partial charge is 0.493 e. The van der Waals surface area contributed by atoms with Crippen molar-refractivity contribution in [2.75, 3.05) is 21.2 Å². The molecule has 0 aromatic heterocycles. The number of benzene rings is 2. The molecule has 29 heavy (non-hydrogen) atoms. The van der Waals surface area contributed by atoms with E-state index in [-0.39, 0.29) is 40.6 Å². The van der Waals surface area contributed by atoms with Crippen LogP contribution in [0.15, 0.2) is 36.4 Å². The molecule has 0 saturated heterocycles. The summed E-state index contributed by atoms with van der Waals surface area (Å²) in [6.45, 7) is -2.82. The average Bonchev–Trinajstić information content (AvgIpc) is 2.91. The van der Waals surface area contributed by atoms with Crippen molar-refractivity contribution in [3.05, 3.63) is 58.7 Å². The highest BCUT2D eigenvalue weighted by atomic mass is 19.3. The van der Waals surface area contributed by atoms with E-state index >= 15 is 0 Å². The lowest BCUT2D eigenvalue weighted by Gasteiger charge is -2.19. The van der Waals surface area contributed by atoms with Crippen LogP contribution in [0.1, 0.15) is 36.6 Å². The van der Waals surface area contributed by atoms with E-state index in [1.165, 1.54) is 49.4 Å². The second kappa shape index (κ2) is 7.86. The number of alkyl halides is 2. The molecule has 2 aromatic carbocycles. The van der Waals surface area contributed by atoms with E-state index in [0.29, 0.717) is 5.56 Å². The van der Waals surface area contributed by atoms with E-state index in [2.05, 4.69) is 4.74 Å². The molecule has 0 N–H and O–H groups in total. The highest BCUT2D eigenvalue weighted by Crippen LogP contribution is 2.30. The number of halogens is 2. The summed E-state index contributed by atoms with van der Waals surface area (Å²) in [6.07, 6.45) is 0. The number of carbonyl (C=O) groups excluding carboxylic acids is 3. The molecule has 0 atom stereocenters. The Morgan fingerprint density at radius 1 is 1.07 bits per heavy atom. The highest BCUT2D eigenvalue weighted by Gasteiger charge is 2.33. The van der Waals surface area contributed by atoms with Crippen LogP contribution in [0.4, 0.5) is 8.78 Å². The molecule has 0 unspecified atom stereocenters. The fourth-order valence-electron chi connectivity index (χ4n) is 3.06. The number of imide groups is 1. The maximum Gasteiger partial charge on any atom is 0.387 e. The van der Waals surface area contributed by atoms with Crippen LogP contribution >= 0.6 is 0 Å². The highest BCUT2D eigenvalue weighted by molar-refractivity contribution is 6.21. The first kappa shape index (κ1) is 20.2. The molecule has 0 fully saturated rings. The second-order valence-electron chi connectivity index (χ2n) is 6.45. The molecule has 0 aliphatic carbocycles. The first-order valence-electron chi connectivity index (χ1n) is 8.56. The third kappa shape index (κ3) is 3.89. The molecule has 2 aromatic rings. The van der Waals surface area contributed by atoms with Gasteiger partial charge in [0.2, 0.25) is 0 Å². The van der Waals surface area contributed by atoms with Gasteiger partial charge in [0.05, 0.1) is 18.2 Å². The molecule has 1 aliphatic heterocycles. The van der Waals surface area contributed by atoms with Gasteiger partial charge in [-0.25, -0.2) is 0 Å². The van der Waals surface area contributed by atoms with Crippen molar-refractivity contribution in [3.8, 4) is 11.5 Å². The van der Waals surface area contributed by atoms with E-state index in [4.69, 9.17) is 4.74 Å². The van der Waals surface area contributed by atoms with Crippen molar-refractivity contribution >= 4 is 17.7 Å². The van der Waals surface area contributed by atoms with Crippen LogP contribution in [-0.2, 0) is 6.54 Å². The van der Waals surface area contributed by atoms with Gasteiger partial charge in [0.1, 0.15) is 0 Å². The van der Waals surface area contributed by atoms with Crippen LogP contribution < -0.4 is 9.47 Å². The van der Waals surface area contributed by atoms with Crippen LogP contribution in [0.25, 0.3) is 0 Å². The minimum absolute atomic E-state index is 0.105. The monoisotopic (exact) mass is 404 g/mol. The summed E-state index contributed by atoms with van der Waals surface area (Å²) in [5.74, 6) is -1.22. The number of hydrogen-bond acceptors (Lipinski definition) is 5. The van der Waals surface area contributed by atoms with Gasteiger partial charge >= 0.3 is 6.61 Å². The Labute approximate surface area is 165 Å². The zero-order valence-electron chi connectivity index (χ0n) is 15.9. The molecule has 0 bridgehead atoms. The van der Waals surface area contributed by atoms with Crippen LogP contribution in [0.3, 0.4) is 0 Å². The SMILES string of the molecule is COc1cc(CN(C)C(=O)c2ccc3c(c2)C(=O)N(C)C3=O)ccc1OC(F)F. The number of carbonyl (C=O) groups is 3. The molecule has 3 amide bonds. The smallest absolute Gasteiger partial charge is 0.387 e. The zero-order valence-corrected chi connectivity index (χ0v) is 15.9. The van der Waals surface area contributed by atoms with Gasteiger partial charge in [-0.15, -0.1) is 0 Å². The minimum atomic E-state index is -2.98. The minimum Gasteiger partial charge on any atom is -0.493 e. The molecule has 9 heteroatoms.